The van der Waals surface area contributed by atoms with Crippen molar-refractivity contribution in [1.82, 2.24) is 14.7 Å². The summed E-state index contributed by atoms with van der Waals surface area (Å²) in [5, 5.41) is 0. The minimum absolute atomic E-state index is 0.686. The molecular weight excluding hydrogens is 282 g/mol. The van der Waals surface area contributed by atoms with E-state index < -0.39 is 0 Å². The fourth-order valence-electron chi connectivity index (χ4n) is 4.67. The fourth-order valence-corrected chi connectivity index (χ4v) is 4.67. The van der Waals surface area contributed by atoms with Gasteiger partial charge in [-0.3, -0.25) is 0 Å². The lowest BCUT2D eigenvalue weighted by molar-refractivity contribution is 0.0737. The molecule has 0 spiro atoms. The Kier molecular flexibility index (Phi) is 5.70. The lowest BCUT2D eigenvalue weighted by Crippen LogP contribution is -2.50. The molecule has 0 aromatic rings. The monoisotopic (exact) mass is 321 g/mol. The average molecular weight is 322 g/mol. The Hall–Kier alpha value is -0.120. The van der Waals surface area contributed by atoms with Crippen molar-refractivity contribution in [2.45, 2.75) is 59.4 Å². The summed E-state index contributed by atoms with van der Waals surface area (Å²) in [6.45, 7) is 20.1. The SMILES string of the molecule is CC(C)N1CCC(CN2CCN(CC3(C(C)C)CC3)CC2)CC1. The first-order valence-electron chi connectivity index (χ1n) is 10.2. The van der Waals surface area contributed by atoms with Crippen molar-refractivity contribution in [2.24, 2.45) is 17.3 Å². The van der Waals surface area contributed by atoms with Crippen molar-refractivity contribution < 1.29 is 0 Å². The van der Waals surface area contributed by atoms with E-state index in [0.29, 0.717) is 5.41 Å². The first-order chi connectivity index (χ1) is 11.0. The van der Waals surface area contributed by atoms with Crippen molar-refractivity contribution in [3.63, 3.8) is 0 Å². The van der Waals surface area contributed by atoms with Crippen LogP contribution in [-0.2, 0) is 0 Å². The molecule has 3 fully saturated rings. The number of likely N-dealkylation sites (tertiary alicyclic amines) is 1. The largest absolute Gasteiger partial charge is 0.301 e. The molecule has 3 nitrogen and oxygen atoms in total. The van der Waals surface area contributed by atoms with Gasteiger partial charge in [-0.1, -0.05) is 13.8 Å². The molecule has 2 heterocycles. The zero-order valence-electron chi connectivity index (χ0n) is 16.1. The summed E-state index contributed by atoms with van der Waals surface area (Å²) in [6.07, 6.45) is 5.77. The molecule has 3 heteroatoms. The van der Waals surface area contributed by atoms with E-state index in [9.17, 15) is 0 Å². The highest BCUT2D eigenvalue weighted by molar-refractivity contribution is 4.98. The summed E-state index contributed by atoms with van der Waals surface area (Å²) in [6, 6.07) is 0.732. The normalized spacial score (nSPS) is 27.9. The first-order valence-corrected chi connectivity index (χ1v) is 10.2. The van der Waals surface area contributed by atoms with Crippen LogP contribution < -0.4 is 0 Å². The van der Waals surface area contributed by atoms with Gasteiger partial charge >= 0.3 is 0 Å². The highest BCUT2D eigenvalue weighted by Gasteiger charge is 2.46. The van der Waals surface area contributed by atoms with E-state index in [4.69, 9.17) is 0 Å². The van der Waals surface area contributed by atoms with Gasteiger partial charge in [0.25, 0.3) is 0 Å². The van der Waals surface area contributed by atoms with Crippen LogP contribution in [0.3, 0.4) is 0 Å². The summed E-state index contributed by atoms with van der Waals surface area (Å²) in [5.41, 5.74) is 0.686. The van der Waals surface area contributed by atoms with Gasteiger partial charge in [0.15, 0.2) is 0 Å². The molecule has 134 valence electrons. The lowest BCUT2D eigenvalue weighted by atomic mass is 9.91. The molecule has 1 aliphatic carbocycles. The number of rotatable bonds is 6. The highest BCUT2D eigenvalue weighted by Crippen LogP contribution is 2.52. The lowest BCUT2D eigenvalue weighted by Gasteiger charge is -2.40. The maximum absolute atomic E-state index is 2.75. The van der Waals surface area contributed by atoms with Crippen LogP contribution in [0.2, 0.25) is 0 Å². The van der Waals surface area contributed by atoms with E-state index in [1.54, 1.807) is 0 Å². The Balaban J connectivity index is 1.35. The number of nitrogens with zero attached hydrogens (tertiary/aromatic N) is 3. The van der Waals surface area contributed by atoms with Gasteiger partial charge in [0, 0.05) is 45.3 Å². The van der Waals surface area contributed by atoms with Gasteiger partial charge in [-0.05, 0) is 69.9 Å². The summed E-state index contributed by atoms with van der Waals surface area (Å²) in [5.74, 6) is 1.81. The van der Waals surface area contributed by atoms with Crippen LogP contribution in [0.15, 0.2) is 0 Å². The minimum Gasteiger partial charge on any atom is -0.301 e. The van der Waals surface area contributed by atoms with Gasteiger partial charge in [0.05, 0.1) is 0 Å². The molecule has 0 aromatic heterocycles. The van der Waals surface area contributed by atoms with Crippen molar-refractivity contribution in [1.29, 1.82) is 0 Å². The third-order valence-corrected chi connectivity index (χ3v) is 7.02. The number of piperidine rings is 1. The zero-order chi connectivity index (χ0) is 16.4. The Morgan fingerprint density at radius 1 is 0.826 bits per heavy atom. The molecule has 0 atom stereocenters. The second kappa shape index (κ2) is 7.41. The van der Waals surface area contributed by atoms with Crippen molar-refractivity contribution in [2.75, 3.05) is 52.4 Å². The van der Waals surface area contributed by atoms with Crippen LogP contribution in [-0.4, -0.2) is 73.1 Å². The van der Waals surface area contributed by atoms with E-state index in [1.807, 2.05) is 0 Å². The van der Waals surface area contributed by atoms with Gasteiger partial charge in [-0.25, -0.2) is 0 Å². The smallest absolute Gasteiger partial charge is 0.0110 e. The minimum atomic E-state index is 0.686. The molecule has 0 N–H and O–H groups in total. The Labute approximate surface area is 144 Å². The second-order valence-corrected chi connectivity index (χ2v) is 9.17. The third-order valence-electron chi connectivity index (χ3n) is 7.02. The molecule has 0 radical (unpaired) electrons. The number of piperazine rings is 1. The maximum atomic E-state index is 2.75. The standard InChI is InChI=1S/C20H39N3/c1-17(2)20(7-8-20)16-22-13-11-21(12-14-22)15-19-5-9-23(10-6-19)18(3)4/h17-19H,5-16H2,1-4H3. The number of hydrogen-bond acceptors (Lipinski definition) is 3. The summed E-state index contributed by atoms with van der Waals surface area (Å²) < 4.78 is 0. The topological polar surface area (TPSA) is 9.72 Å². The van der Waals surface area contributed by atoms with E-state index in [2.05, 4.69) is 42.4 Å². The molecule has 0 amide bonds. The average Bonchev–Trinajstić information content (AvgIpc) is 3.31. The molecular formula is C20H39N3. The van der Waals surface area contributed by atoms with Gasteiger partial charge in [0.1, 0.15) is 0 Å². The van der Waals surface area contributed by atoms with Gasteiger partial charge < -0.3 is 14.7 Å². The quantitative estimate of drug-likeness (QED) is 0.744. The van der Waals surface area contributed by atoms with Crippen LogP contribution in [0.1, 0.15) is 53.4 Å². The molecule has 1 saturated carbocycles. The summed E-state index contributed by atoms with van der Waals surface area (Å²) >= 11 is 0. The van der Waals surface area contributed by atoms with Crippen molar-refractivity contribution in [3.05, 3.63) is 0 Å². The van der Waals surface area contributed by atoms with Crippen LogP contribution >= 0.6 is 0 Å². The molecule has 3 aliphatic rings. The molecule has 3 rings (SSSR count). The van der Waals surface area contributed by atoms with Gasteiger partial charge in [0.2, 0.25) is 0 Å². The molecule has 0 aromatic carbocycles. The molecule has 23 heavy (non-hydrogen) atoms. The summed E-state index contributed by atoms with van der Waals surface area (Å²) in [7, 11) is 0. The Bertz CT molecular complexity index is 359. The fraction of sp³-hybridized carbons (Fsp3) is 1.00. The van der Waals surface area contributed by atoms with Crippen molar-refractivity contribution in [3.8, 4) is 0 Å². The molecule has 2 aliphatic heterocycles. The van der Waals surface area contributed by atoms with Gasteiger partial charge in [-0.15, -0.1) is 0 Å². The third kappa shape index (κ3) is 4.49. The van der Waals surface area contributed by atoms with Crippen LogP contribution in [0.25, 0.3) is 0 Å². The molecule has 0 unspecified atom stereocenters. The zero-order valence-corrected chi connectivity index (χ0v) is 16.1. The van der Waals surface area contributed by atoms with E-state index in [0.717, 1.165) is 17.9 Å². The molecule has 2 saturated heterocycles. The first kappa shape index (κ1) is 17.7. The van der Waals surface area contributed by atoms with Crippen molar-refractivity contribution >= 4 is 0 Å². The number of hydrogen-bond donors (Lipinski definition) is 0. The van der Waals surface area contributed by atoms with Crippen LogP contribution in [0, 0.1) is 17.3 Å². The Morgan fingerprint density at radius 3 is 1.87 bits per heavy atom. The van der Waals surface area contributed by atoms with E-state index in [-0.39, 0.29) is 0 Å². The Morgan fingerprint density at radius 2 is 1.39 bits per heavy atom. The van der Waals surface area contributed by atoms with E-state index in [1.165, 1.54) is 78.0 Å². The maximum Gasteiger partial charge on any atom is 0.0110 e. The second-order valence-electron chi connectivity index (χ2n) is 9.17. The van der Waals surface area contributed by atoms with E-state index >= 15 is 0 Å². The molecule has 0 bridgehead atoms. The summed E-state index contributed by atoms with van der Waals surface area (Å²) in [4.78, 5) is 8.15. The van der Waals surface area contributed by atoms with Crippen LogP contribution in [0.5, 0.6) is 0 Å². The van der Waals surface area contributed by atoms with Crippen LogP contribution in [0.4, 0.5) is 0 Å². The van der Waals surface area contributed by atoms with Gasteiger partial charge in [-0.2, -0.15) is 0 Å². The predicted molar refractivity (Wildman–Crippen MR) is 98.8 cm³/mol. The predicted octanol–water partition coefficient (Wildman–Crippen LogP) is 3.16. The highest BCUT2D eigenvalue weighted by atomic mass is 15.3.